The van der Waals surface area contributed by atoms with Crippen LogP contribution in [0.2, 0.25) is 0 Å². The number of nitrogens with one attached hydrogen (secondary N) is 1. The first-order chi connectivity index (χ1) is 8.72. The molecule has 0 saturated carbocycles. The van der Waals surface area contributed by atoms with Crippen LogP contribution in [-0.4, -0.2) is 32.6 Å². The minimum atomic E-state index is -4.28. The van der Waals surface area contributed by atoms with E-state index in [-0.39, 0.29) is 11.3 Å². The van der Waals surface area contributed by atoms with Gasteiger partial charge in [0.25, 0.3) is 5.92 Å². The molecule has 0 aliphatic carbocycles. The van der Waals surface area contributed by atoms with Gasteiger partial charge in [0.15, 0.2) is 0 Å². The van der Waals surface area contributed by atoms with Crippen molar-refractivity contribution in [2.45, 2.75) is 10.8 Å². The van der Waals surface area contributed by atoms with Crippen LogP contribution in [0.4, 0.5) is 14.5 Å². The van der Waals surface area contributed by atoms with Crippen LogP contribution in [0, 0.1) is 11.3 Å². The number of halogens is 2. The zero-order valence-corrected chi connectivity index (χ0v) is 10.4. The molecule has 0 unspecified atom stereocenters. The standard InChI is InChI=1S/C10H11F2N3O3S/c11-10(12,6-16)5-15-19(17,18)9-2-1-8(14)3-7(9)4-13/h1-3,15-16H,5-6,14H2. The molecule has 0 aromatic heterocycles. The third-order valence-corrected chi connectivity index (χ3v) is 3.63. The summed E-state index contributed by atoms with van der Waals surface area (Å²) in [6.07, 6.45) is 0. The van der Waals surface area contributed by atoms with Crippen LogP contribution in [0.1, 0.15) is 5.56 Å². The van der Waals surface area contributed by atoms with E-state index in [0.29, 0.717) is 0 Å². The third-order valence-electron chi connectivity index (χ3n) is 2.17. The molecule has 0 heterocycles. The number of sulfonamides is 1. The Morgan fingerprint density at radius 2 is 2.11 bits per heavy atom. The molecule has 1 aromatic carbocycles. The number of hydrogen-bond acceptors (Lipinski definition) is 5. The fourth-order valence-electron chi connectivity index (χ4n) is 1.20. The number of anilines is 1. The molecule has 19 heavy (non-hydrogen) atoms. The van der Waals surface area contributed by atoms with E-state index in [1.807, 2.05) is 0 Å². The first kappa shape index (κ1) is 15.3. The summed E-state index contributed by atoms with van der Waals surface area (Å²) >= 11 is 0. The number of rotatable bonds is 5. The fraction of sp³-hybridized carbons (Fsp3) is 0.300. The summed E-state index contributed by atoms with van der Waals surface area (Å²) in [5.74, 6) is -3.58. The highest BCUT2D eigenvalue weighted by Crippen LogP contribution is 2.19. The molecule has 0 bridgehead atoms. The van der Waals surface area contributed by atoms with Gasteiger partial charge < -0.3 is 10.8 Å². The van der Waals surface area contributed by atoms with Gasteiger partial charge >= 0.3 is 0 Å². The third kappa shape index (κ3) is 3.85. The zero-order chi connectivity index (χ0) is 14.7. The number of nitrogens with zero attached hydrogens (tertiary/aromatic N) is 1. The van der Waals surface area contributed by atoms with Crippen LogP contribution in [-0.2, 0) is 10.0 Å². The van der Waals surface area contributed by atoms with Crippen LogP contribution in [0.3, 0.4) is 0 Å². The predicted molar refractivity (Wildman–Crippen MR) is 62.8 cm³/mol. The summed E-state index contributed by atoms with van der Waals surface area (Å²) in [6.45, 7) is -2.75. The second-order valence-electron chi connectivity index (χ2n) is 3.71. The van der Waals surface area contributed by atoms with E-state index in [2.05, 4.69) is 0 Å². The summed E-state index contributed by atoms with van der Waals surface area (Å²) in [5.41, 5.74) is 5.32. The SMILES string of the molecule is N#Cc1cc(N)ccc1S(=O)(=O)NCC(F)(F)CO. The first-order valence-electron chi connectivity index (χ1n) is 5.00. The highest BCUT2D eigenvalue weighted by molar-refractivity contribution is 7.89. The normalized spacial score (nSPS) is 12.1. The van der Waals surface area contributed by atoms with E-state index >= 15 is 0 Å². The number of alkyl halides is 2. The van der Waals surface area contributed by atoms with Crippen LogP contribution < -0.4 is 10.5 Å². The van der Waals surface area contributed by atoms with E-state index < -0.39 is 34.0 Å². The molecule has 0 aliphatic heterocycles. The van der Waals surface area contributed by atoms with E-state index in [1.165, 1.54) is 6.07 Å². The summed E-state index contributed by atoms with van der Waals surface area (Å²) in [7, 11) is -4.28. The van der Waals surface area contributed by atoms with Gasteiger partial charge in [-0.05, 0) is 18.2 Å². The average Bonchev–Trinajstić information content (AvgIpc) is 2.36. The van der Waals surface area contributed by atoms with Gasteiger partial charge in [-0.25, -0.2) is 21.9 Å². The van der Waals surface area contributed by atoms with Crippen molar-refractivity contribution in [1.29, 1.82) is 5.26 Å². The largest absolute Gasteiger partial charge is 0.399 e. The van der Waals surface area contributed by atoms with Crippen molar-refractivity contribution < 1.29 is 22.3 Å². The molecule has 0 amide bonds. The molecule has 0 radical (unpaired) electrons. The Morgan fingerprint density at radius 1 is 1.47 bits per heavy atom. The number of aliphatic hydroxyl groups excluding tert-OH is 1. The second-order valence-corrected chi connectivity index (χ2v) is 5.44. The Bertz CT molecular complexity index is 611. The van der Waals surface area contributed by atoms with Crippen molar-refractivity contribution in [3.05, 3.63) is 23.8 Å². The van der Waals surface area contributed by atoms with Crippen molar-refractivity contribution >= 4 is 15.7 Å². The van der Waals surface area contributed by atoms with Crippen LogP contribution in [0.15, 0.2) is 23.1 Å². The molecule has 0 fully saturated rings. The summed E-state index contributed by atoms with van der Waals surface area (Å²) in [5, 5.41) is 17.1. The Labute approximate surface area is 108 Å². The number of aliphatic hydroxyl groups is 1. The summed E-state index contributed by atoms with van der Waals surface area (Å²) in [4.78, 5) is -0.446. The molecule has 0 saturated heterocycles. The Morgan fingerprint density at radius 3 is 2.63 bits per heavy atom. The van der Waals surface area contributed by atoms with Gasteiger partial charge in [0.05, 0.1) is 17.0 Å². The molecule has 1 rings (SSSR count). The van der Waals surface area contributed by atoms with Gasteiger partial charge in [0.2, 0.25) is 10.0 Å². The molecular formula is C10H11F2N3O3S. The van der Waals surface area contributed by atoms with Gasteiger partial charge in [-0.15, -0.1) is 0 Å². The monoisotopic (exact) mass is 291 g/mol. The number of nitriles is 1. The van der Waals surface area contributed by atoms with Crippen molar-refractivity contribution in [3.63, 3.8) is 0 Å². The van der Waals surface area contributed by atoms with Gasteiger partial charge in [0, 0.05) is 5.69 Å². The van der Waals surface area contributed by atoms with Crippen molar-refractivity contribution in [1.82, 2.24) is 4.72 Å². The maximum absolute atomic E-state index is 12.8. The Kier molecular flexibility index (Phi) is 4.41. The Hall–Kier alpha value is -1.76. The average molecular weight is 291 g/mol. The minimum absolute atomic E-state index is 0.177. The number of benzene rings is 1. The zero-order valence-electron chi connectivity index (χ0n) is 9.60. The molecule has 4 N–H and O–H groups in total. The molecule has 0 aliphatic rings. The van der Waals surface area contributed by atoms with Crippen molar-refractivity contribution in [2.24, 2.45) is 0 Å². The number of hydrogen-bond donors (Lipinski definition) is 3. The van der Waals surface area contributed by atoms with Crippen LogP contribution in [0.5, 0.6) is 0 Å². The van der Waals surface area contributed by atoms with Gasteiger partial charge in [-0.1, -0.05) is 0 Å². The first-order valence-corrected chi connectivity index (χ1v) is 6.48. The topological polar surface area (TPSA) is 116 Å². The number of nitrogens with two attached hydrogens (primary N) is 1. The lowest BCUT2D eigenvalue weighted by molar-refractivity contribution is -0.0437. The van der Waals surface area contributed by atoms with Gasteiger partial charge in [-0.3, -0.25) is 0 Å². The van der Waals surface area contributed by atoms with E-state index in [4.69, 9.17) is 16.1 Å². The fourth-order valence-corrected chi connectivity index (χ4v) is 2.40. The predicted octanol–water partition coefficient (Wildman–Crippen LogP) is 0.0464. The molecule has 6 nitrogen and oxygen atoms in total. The molecule has 9 heteroatoms. The molecule has 1 aromatic rings. The molecule has 0 spiro atoms. The maximum Gasteiger partial charge on any atom is 0.283 e. The summed E-state index contributed by atoms with van der Waals surface area (Å²) < 4.78 is 50.7. The lowest BCUT2D eigenvalue weighted by atomic mass is 10.2. The van der Waals surface area contributed by atoms with Gasteiger partial charge in [-0.2, -0.15) is 5.26 Å². The van der Waals surface area contributed by atoms with E-state index in [0.717, 1.165) is 12.1 Å². The molecular weight excluding hydrogens is 280 g/mol. The van der Waals surface area contributed by atoms with Crippen molar-refractivity contribution in [3.8, 4) is 6.07 Å². The number of nitrogen functional groups attached to an aromatic ring is 1. The maximum atomic E-state index is 12.8. The lowest BCUT2D eigenvalue weighted by Gasteiger charge is -2.14. The van der Waals surface area contributed by atoms with Gasteiger partial charge in [0.1, 0.15) is 12.7 Å². The minimum Gasteiger partial charge on any atom is -0.399 e. The van der Waals surface area contributed by atoms with Crippen molar-refractivity contribution in [2.75, 3.05) is 18.9 Å². The second kappa shape index (κ2) is 5.48. The van der Waals surface area contributed by atoms with Crippen LogP contribution in [0.25, 0.3) is 0 Å². The van der Waals surface area contributed by atoms with E-state index in [9.17, 15) is 17.2 Å². The smallest absolute Gasteiger partial charge is 0.283 e. The Balaban J connectivity index is 3.06. The summed E-state index contributed by atoms with van der Waals surface area (Å²) in [6, 6.07) is 5.03. The molecule has 104 valence electrons. The molecule has 0 atom stereocenters. The van der Waals surface area contributed by atoms with Crippen LogP contribution >= 0.6 is 0 Å². The lowest BCUT2D eigenvalue weighted by Crippen LogP contribution is -2.39. The highest BCUT2D eigenvalue weighted by Gasteiger charge is 2.30. The van der Waals surface area contributed by atoms with E-state index in [1.54, 1.807) is 10.8 Å². The highest BCUT2D eigenvalue weighted by atomic mass is 32.2. The quantitative estimate of drug-likeness (QED) is 0.663.